The van der Waals surface area contributed by atoms with Crippen LogP contribution in [-0.4, -0.2) is 5.48 Å². The van der Waals surface area contributed by atoms with E-state index in [-0.39, 0.29) is 75.3 Å². The SMILES string of the molecule is O.[Co].[Cu].[Ni].[Zn]. The predicted molar refractivity (Wildman–Crippen MR) is 3.61 cm³/mol. The van der Waals surface area contributed by atoms with Crippen LogP contribution in [0.25, 0.3) is 0 Å². The summed E-state index contributed by atoms with van der Waals surface area (Å²) in [5, 5.41) is 0. The molecule has 0 saturated carbocycles. The van der Waals surface area contributed by atoms with Crippen molar-refractivity contribution < 1.29 is 75.3 Å². The summed E-state index contributed by atoms with van der Waals surface area (Å²) in [6.07, 6.45) is 0. The van der Waals surface area contributed by atoms with Gasteiger partial charge in [0.05, 0.1) is 0 Å². The molecule has 5 heteroatoms. The Morgan fingerprint density at radius 2 is 1.00 bits per heavy atom. The molecule has 0 bridgehead atoms. The van der Waals surface area contributed by atoms with Gasteiger partial charge in [-0.05, 0) is 0 Å². The molecule has 40 valence electrons. The molecule has 0 unspecified atom stereocenters. The Bertz CT molecular complexity index is 11.6. The second kappa shape index (κ2) is 35.9. The van der Waals surface area contributed by atoms with Crippen LogP contribution in [0.1, 0.15) is 0 Å². The maximum Gasteiger partial charge on any atom is 0 e. The Balaban J connectivity index is 0. The van der Waals surface area contributed by atoms with Crippen molar-refractivity contribution in [1.29, 1.82) is 0 Å². The van der Waals surface area contributed by atoms with Crippen LogP contribution in [0.4, 0.5) is 0 Å². The van der Waals surface area contributed by atoms with E-state index in [4.69, 9.17) is 0 Å². The first kappa shape index (κ1) is 59.8. The molecule has 0 aromatic carbocycles. The minimum Gasteiger partial charge on any atom is -0.412 e. The monoisotopic (exact) mass is 262 g/mol. The van der Waals surface area contributed by atoms with Crippen LogP contribution in [0.15, 0.2) is 0 Å². The van der Waals surface area contributed by atoms with Crippen LogP contribution in [0.3, 0.4) is 0 Å². The van der Waals surface area contributed by atoms with Gasteiger partial charge in [0, 0.05) is 69.8 Å². The Morgan fingerprint density at radius 1 is 1.00 bits per heavy atom. The van der Waals surface area contributed by atoms with Gasteiger partial charge in [-0.2, -0.15) is 0 Å². The molecule has 2 radical (unpaired) electrons. The first-order chi connectivity index (χ1) is 0. The largest absolute Gasteiger partial charge is 0.412 e. The summed E-state index contributed by atoms with van der Waals surface area (Å²) < 4.78 is 0. The molecule has 1 nitrogen and oxygen atoms in total. The minimum absolute atomic E-state index is 0. The minimum atomic E-state index is 0. The van der Waals surface area contributed by atoms with Crippen LogP contribution in [0.2, 0.25) is 0 Å². The van der Waals surface area contributed by atoms with E-state index in [0.29, 0.717) is 0 Å². The van der Waals surface area contributed by atoms with Gasteiger partial charge in [0.15, 0.2) is 0 Å². The summed E-state index contributed by atoms with van der Waals surface area (Å²) in [4.78, 5) is 0. The van der Waals surface area contributed by atoms with Gasteiger partial charge in [-0.1, -0.05) is 0 Å². The molecule has 0 aliphatic carbocycles. The van der Waals surface area contributed by atoms with E-state index in [0.717, 1.165) is 0 Å². The van der Waals surface area contributed by atoms with Crippen molar-refractivity contribution in [2.45, 2.75) is 0 Å². The fourth-order valence-corrected chi connectivity index (χ4v) is 0. The number of hydrogen-bond donors (Lipinski definition) is 0. The maximum absolute atomic E-state index is 0. The third-order valence-corrected chi connectivity index (χ3v) is 0. The van der Waals surface area contributed by atoms with E-state index in [2.05, 4.69) is 0 Å². The first-order valence-electron chi connectivity index (χ1n) is 0. The van der Waals surface area contributed by atoms with Gasteiger partial charge in [0.1, 0.15) is 0 Å². The third-order valence-electron chi connectivity index (χ3n) is 0. The average Bonchev–Trinajstić information content (AvgIpc) is 0. The Morgan fingerprint density at radius 3 is 1.00 bits per heavy atom. The van der Waals surface area contributed by atoms with Crippen LogP contribution >= 0.6 is 0 Å². The summed E-state index contributed by atoms with van der Waals surface area (Å²) in [6, 6.07) is 0. The fraction of sp³-hybridized carbons (Fsp3) is 0. The molecular weight excluding hydrogens is 263 g/mol. The summed E-state index contributed by atoms with van der Waals surface area (Å²) in [5.74, 6) is 0. The quantitative estimate of drug-likeness (QED) is 0.512. The summed E-state index contributed by atoms with van der Waals surface area (Å²) in [6.45, 7) is 0. The van der Waals surface area contributed by atoms with Crippen molar-refractivity contribution in [3.63, 3.8) is 0 Å². The van der Waals surface area contributed by atoms with Crippen LogP contribution in [-0.2, 0) is 69.8 Å². The first-order valence-corrected chi connectivity index (χ1v) is 0. The molecule has 0 aromatic rings. The third kappa shape index (κ3) is 23.2. The molecule has 0 rings (SSSR count). The van der Waals surface area contributed by atoms with E-state index in [1.807, 2.05) is 0 Å². The summed E-state index contributed by atoms with van der Waals surface area (Å²) in [5.41, 5.74) is 0. The van der Waals surface area contributed by atoms with Crippen molar-refractivity contribution in [3.8, 4) is 0 Å². The zero-order valence-electron chi connectivity index (χ0n) is 2.16. The van der Waals surface area contributed by atoms with Crippen molar-refractivity contribution in [3.05, 3.63) is 0 Å². The maximum atomic E-state index is 0. The predicted octanol–water partition coefficient (Wildman–Crippen LogP) is -0.835. The van der Waals surface area contributed by atoms with Crippen molar-refractivity contribution in [1.82, 2.24) is 0 Å². The zero-order valence-corrected chi connectivity index (χ0v) is 8.10. The molecule has 0 spiro atoms. The molecular formula is H2CoCuNiOZn. The molecule has 0 atom stereocenters. The Hall–Kier alpha value is 2.10. The Kier molecular flexibility index (Phi) is 430. The molecule has 0 aromatic heterocycles. The zero-order chi connectivity index (χ0) is 0. The van der Waals surface area contributed by atoms with Crippen molar-refractivity contribution >= 4 is 0 Å². The molecule has 0 heterocycles. The molecule has 0 aliphatic rings. The van der Waals surface area contributed by atoms with Crippen molar-refractivity contribution in [2.75, 3.05) is 0 Å². The van der Waals surface area contributed by atoms with Gasteiger partial charge in [-0.25, -0.2) is 0 Å². The van der Waals surface area contributed by atoms with E-state index in [1.54, 1.807) is 0 Å². The molecule has 2 N–H and O–H groups in total. The summed E-state index contributed by atoms with van der Waals surface area (Å²) in [7, 11) is 0. The van der Waals surface area contributed by atoms with Crippen LogP contribution in [0, 0.1) is 0 Å². The second-order valence-electron chi connectivity index (χ2n) is 0. The van der Waals surface area contributed by atoms with Gasteiger partial charge in [0.25, 0.3) is 0 Å². The second-order valence-corrected chi connectivity index (χ2v) is 0. The normalized spacial score (nSPS) is 0. The van der Waals surface area contributed by atoms with E-state index in [1.165, 1.54) is 0 Å². The number of rotatable bonds is 0. The molecule has 0 amide bonds. The molecule has 0 fully saturated rings. The standard InChI is InChI=1S/Co.Cu.Ni.H2O.Zn/h;;;1H2;. The van der Waals surface area contributed by atoms with E-state index < -0.39 is 0 Å². The van der Waals surface area contributed by atoms with Gasteiger partial charge in [-0.15, -0.1) is 0 Å². The molecule has 0 aliphatic heterocycles. The molecule has 0 saturated heterocycles. The molecule has 5 heavy (non-hydrogen) atoms. The topological polar surface area (TPSA) is 31.5 Å². The average molecular weight is 265 g/mol. The van der Waals surface area contributed by atoms with E-state index in [9.17, 15) is 0 Å². The van der Waals surface area contributed by atoms with Gasteiger partial charge in [-0.3, -0.25) is 0 Å². The Labute approximate surface area is 74.7 Å². The summed E-state index contributed by atoms with van der Waals surface area (Å²) >= 11 is 0. The fourth-order valence-electron chi connectivity index (χ4n) is 0. The van der Waals surface area contributed by atoms with E-state index >= 15 is 0 Å². The van der Waals surface area contributed by atoms with Crippen LogP contribution in [0.5, 0.6) is 0 Å². The van der Waals surface area contributed by atoms with Gasteiger partial charge in [0.2, 0.25) is 0 Å². The van der Waals surface area contributed by atoms with Crippen LogP contribution < -0.4 is 0 Å². The van der Waals surface area contributed by atoms with Gasteiger partial charge >= 0.3 is 0 Å². The number of hydrogen-bond acceptors (Lipinski definition) is 0. The van der Waals surface area contributed by atoms with Crippen molar-refractivity contribution in [2.24, 2.45) is 0 Å². The smallest absolute Gasteiger partial charge is 0 e. The van der Waals surface area contributed by atoms with Gasteiger partial charge < -0.3 is 5.48 Å².